The average molecular weight is 452 g/mol. The molecule has 1 aliphatic heterocycles. The highest BCUT2D eigenvalue weighted by atomic mass is 19.1. The molecule has 0 fully saturated rings. The van der Waals surface area contributed by atoms with Crippen LogP contribution in [0.4, 0.5) is 21.7 Å². The van der Waals surface area contributed by atoms with Gasteiger partial charge in [0, 0.05) is 56.0 Å². The van der Waals surface area contributed by atoms with Gasteiger partial charge in [0.15, 0.2) is 11.6 Å². The van der Waals surface area contributed by atoms with Gasteiger partial charge >= 0.3 is 0 Å². The quantitative estimate of drug-likeness (QED) is 0.446. The summed E-state index contributed by atoms with van der Waals surface area (Å²) in [5, 5.41) is 3.03. The third-order valence-corrected chi connectivity index (χ3v) is 5.71. The molecule has 1 aliphatic rings. The molecule has 34 heavy (non-hydrogen) atoms. The first kappa shape index (κ1) is 21.4. The number of nitrogens with zero attached hydrogens (tertiary/aromatic N) is 7. The van der Waals surface area contributed by atoms with Gasteiger partial charge in [0.05, 0.1) is 12.3 Å². The zero-order valence-electron chi connectivity index (χ0n) is 18.5. The van der Waals surface area contributed by atoms with Gasteiger partial charge in [-0.2, -0.15) is 4.39 Å². The van der Waals surface area contributed by atoms with Crippen molar-refractivity contribution >= 4 is 17.3 Å². The molecule has 5 heterocycles. The highest BCUT2D eigenvalue weighted by Gasteiger charge is 2.22. The molecular weight excluding hydrogens is 431 g/mol. The van der Waals surface area contributed by atoms with Crippen molar-refractivity contribution in [3.8, 4) is 11.3 Å². The molecule has 9 heteroatoms. The zero-order chi connectivity index (χ0) is 23.5. The second-order valence-corrected chi connectivity index (χ2v) is 8.00. The fourth-order valence-corrected chi connectivity index (χ4v) is 4.03. The number of fused-ring (bicyclic) bond motifs is 1. The molecule has 1 N–H and O–H groups in total. The maximum absolute atomic E-state index is 15.3. The molecule has 8 nitrogen and oxygen atoms in total. The van der Waals surface area contributed by atoms with E-state index in [-0.39, 0.29) is 18.2 Å². The lowest BCUT2D eigenvalue weighted by molar-refractivity contribution is 0.594. The van der Waals surface area contributed by atoms with Crippen molar-refractivity contribution in [3.05, 3.63) is 95.0 Å². The lowest BCUT2D eigenvalue weighted by atomic mass is 10.1. The third kappa shape index (κ3) is 4.26. The maximum atomic E-state index is 15.3. The van der Waals surface area contributed by atoms with Crippen LogP contribution in [0.15, 0.2) is 55.2 Å². The van der Waals surface area contributed by atoms with Crippen molar-refractivity contribution in [1.29, 1.82) is 0 Å². The van der Waals surface area contributed by atoms with Gasteiger partial charge in [-0.25, -0.2) is 14.8 Å². The highest BCUT2D eigenvalue weighted by Crippen LogP contribution is 2.30. The monoisotopic (exact) mass is 452 g/mol. The molecular formula is C25H21FN8. The summed E-state index contributed by atoms with van der Waals surface area (Å²) in [5.74, 6) is -0.132. The first-order valence-corrected chi connectivity index (χ1v) is 10.8. The topological polar surface area (TPSA) is 84.1 Å². The van der Waals surface area contributed by atoms with E-state index in [1.807, 2.05) is 36.1 Å². The van der Waals surface area contributed by atoms with E-state index in [0.29, 0.717) is 24.5 Å². The van der Waals surface area contributed by atoms with E-state index in [1.54, 1.807) is 24.7 Å². The molecule has 0 bridgehead atoms. The van der Waals surface area contributed by atoms with Crippen LogP contribution in [-0.2, 0) is 19.5 Å². The van der Waals surface area contributed by atoms with Crippen LogP contribution in [0.5, 0.6) is 0 Å². The minimum absolute atomic E-state index is 0.111. The van der Waals surface area contributed by atoms with Gasteiger partial charge in [-0.1, -0.05) is 6.07 Å². The highest BCUT2D eigenvalue weighted by molar-refractivity contribution is 5.75. The molecule has 0 saturated heterocycles. The van der Waals surface area contributed by atoms with Gasteiger partial charge < -0.3 is 10.2 Å². The lowest BCUT2D eigenvalue weighted by Gasteiger charge is -2.29. The summed E-state index contributed by atoms with van der Waals surface area (Å²) in [6.07, 6.45) is 7.25. The van der Waals surface area contributed by atoms with E-state index in [1.165, 1.54) is 6.33 Å². The SMILES string of the molecule is [C-]#[N+]c1cc(CNc2ncnc(N3CCc4ncccc4C3)c2F)cnc1-c1ccnc(C)c1. The Morgan fingerprint density at radius 1 is 1.12 bits per heavy atom. The van der Waals surface area contributed by atoms with E-state index in [9.17, 15) is 0 Å². The molecule has 0 aromatic carbocycles. The van der Waals surface area contributed by atoms with Crippen molar-refractivity contribution in [1.82, 2.24) is 24.9 Å². The summed E-state index contributed by atoms with van der Waals surface area (Å²) in [7, 11) is 0. The van der Waals surface area contributed by atoms with E-state index >= 15 is 4.39 Å². The number of nitrogens with one attached hydrogen (secondary N) is 1. The van der Waals surface area contributed by atoms with Crippen molar-refractivity contribution in [2.45, 2.75) is 26.4 Å². The van der Waals surface area contributed by atoms with Crippen LogP contribution >= 0.6 is 0 Å². The summed E-state index contributed by atoms with van der Waals surface area (Å²) in [6, 6.07) is 9.37. The summed E-state index contributed by atoms with van der Waals surface area (Å²) in [5.41, 5.74) is 5.57. The van der Waals surface area contributed by atoms with Crippen LogP contribution in [0.2, 0.25) is 0 Å². The Bertz CT molecular complexity index is 1400. The number of anilines is 2. The molecule has 0 radical (unpaired) electrons. The van der Waals surface area contributed by atoms with Crippen LogP contribution in [0.1, 0.15) is 22.5 Å². The fraction of sp³-hybridized carbons (Fsp3) is 0.200. The van der Waals surface area contributed by atoms with Gasteiger partial charge in [-0.05, 0) is 47.9 Å². The molecule has 0 unspecified atom stereocenters. The van der Waals surface area contributed by atoms with E-state index in [2.05, 4.69) is 35.1 Å². The number of halogens is 1. The molecule has 4 aromatic rings. The second-order valence-electron chi connectivity index (χ2n) is 8.00. The standard InChI is InChI=1S/C25H21FN8/c1-16-10-18(5-8-28-16)23-21(27-2)11-17(12-30-23)13-31-24-22(26)25(33-15-32-24)34-9-6-20-19(14-34)4-3-7-29-20/h3-5,7-8,10-12,15H,6,9,13-14H2,1H3,(H,31,32,33). The van der Waals surface area contributed by atoms with Crippen molar-refractivity contribution in [2.24, 2.45) is 0 Å². The van der Waals surface area contributed by atoms with Crippen molar-refractivity contribution < 1.29 is 4.39 Å². The number of aryl methyl sites for hydroxylation is 1. The Balaban J connectivity index is 1.34. The largest absolute Gasteiger partial charge is 0.363 e. The van der Waals surface area contributed by atoms with Crippen LogP contribution in [-0.4, -0.2) is 31.5 Å². The van der Waals surface area contributed by atoms with E-state index in [4.69, 9.17) is 6.57 Å². The fourth-order valence-electron chi connectivity index (χ4n) is 4.03. The molecule has 168 valence electrons. The summed E-state index contributed by atoms with van der Waals surface area (Å²) in [6.45, 7) is 10.9. The summed E-state index contributed by atoms with van der Waals surface area (Å²) in [4.78, 5) is 26.9. The lowest BCUT2D eigenvalue weighted by Crippen LogP contribution is -2.32. The van der Waals surface area contributed by atoms with Gasteiger partial charge in [0.25, 0.3) is 0 Å². The van der Waals surface area contributed by atoms with Crippen LogP contribution < -0.4 is 10.2 Å². The zero-order valence-corrected chi connectivity index (χ0v) is 18.5. The minimum atomic E-state index is -0.503. The van der Waals surface area contributed by atoms with Gasteiger partial charge in [0.2, 0.25) is 11.5 Å². The normalized spacial score (nSPS) is 12.7. The average Bonchev–Trinajstić information content (AvgIpc) is 2.87. The molecule has 4 aromatic heterocycles. The van der Waals surface area contributed by atoms with Gasteiger partial charge in [0.1, 0.15) is 6.33 Å². The molecule has 0 spiro atoms. The third-order valence-electron chi connectivity index (χ3n) is 5.71. The molecule has 5 rings (SSSR count). The number of aromatic nitrogens is 5. The number of pyridine rings is 3. The first-order valence-electron chi connectivity index (χ1n) is 10.8. The smallest absolute Gasteiger partial charge is 0.213 e. The van der Waals surface area contributed by atoms with E-state index in [0.717, 1.165) is 34.5 Å². The number of rotatable bonds is 5. The van der Waals surface area contributed by atoms with Gasteiger partial charge in [-0.15, -0.1) is 0 Å². The van der Waals surface area contributed by atoms with E-state index < -0.39 is 5.82 Å². The van der Waals surface area contributed by atoms with Crippen LogP contribution in [0, 0.1) is 19.3 Å². The molecule has 0 amide bonds. The summed E-state index contributed by atoms with van der Waals surface area (Å²) < 4.78 is 15.3. The molecule has 0 aliphatic carbocycles. The van der Waals surface area contributed by atoms with Crippen molar-refractivity contribution in [2.75, 3.05) is 16.8 Å². The number of hydrogen-bond acceptors (Lipinski definition) is 7. The Morgan fingerprint density at radius 3 is 2.88 bits per heavy atom. The van der Waals surface area contributed by atoms with Crippen molar-refractivity contribution in [3.63, 3.8) is 0 Å². The Hall–Kier alpha value is -4.45. The number of hydrogen-bond donors (Lipinski definition) is 1. The molecule has 0 saturated carbocycles. The Labute approximate surface area is 196 Å². The van der Waals surface area contributed by atoms with Crippen LogP contribution in [0.3, 0.4) is 0 Å². The maximum Gasteiger partial charge on any atom is 0.213 e. The molecule has 0 atom stereocenters. The predicted molar refractivity (Wildman–Crippen MR) is 127 cm³/mol. The predicted octanol–water partition coefficient (Wildman–Crippen LogP) is 4.50. The second kappa shape index (κ2) is 9.19. The minimum Gasteiger partial charge on any atom is -0.363 e. The Morgan fingerprint density at radius 2 is 2.03 bits per heavy atom. The van der Waals surface area contributed by atoms with Gasteiger partial charge in [-0.3, -0.25) is 15.0 Å². The summed E-state index contributed by atoms with van der Waals surface area (Å²) >= 11 is 0. The van der Waals surface area contributed by atoms with Crippen LogP contribution in [0.25, 0.3) is 16.1 Å². The Kier molecular flexibility index (Phi) is 5.79. The first-order chi connectivity index (χ1) is 16.6.